The van der Waals surface area contributed by atoms with Gasteiger partial charge in [-0.3, -0.25) is 0 Å². The van der Waals surface area contributed by atoms with Gasteiger partial charge in [0, 0.05) is 12.6 Å². The van der Waals surface area contributed by atoms with Crippen molar-refractivity contribution in [2.45, 2.75) is 62.7 Å². The van der Waals surface area contributed by atoms with Gasteiger partial charge >= 0.3 is 0 Å². The molecule has 0 spiro atoms. The molecule has 2 aliphatic rings. The van der Waals surface area contributed by atoms with E-state index >= 15 is 0 Å². The Hall–Kier alpha value is -0.130. The normalized spacial score (nSPS) is 31.8. The Morgan fingerprint density at radius 2 is 1.71 bits per heavy atom. The highest BCUT2D eigenvalue weighted by Gasteiger charge is 2.34. The van der Waals surface area contributed by atoms with Crippen LogP contribution in [-0.4, -0.2) is 31.4 Å². The summed E-state index contributed by atoms with van der Waals surface area (Å²) >= 11 is 0. The zero-order chi connectivity index (χ0) is 12.3. The number of aliphatic hydroxyl groups is 1. The highest BCUT2D eigenvalue weighted by atomic mass is 32.2. The summed E-state index contributed by atoms with van der Waals surface area (Å²) in [5.41, 5.74) is 0. The lowest BCUT2D eigenvalue weighted by Crippen LogP contribution is -2.44. The lowest BCUT2D eigenvalue weighted by atomic mass is 10.0. The van der Waals surface area contributed by atoms with Gasteiger partial charge in [0.05, 0.1) is 5.25 Å². The van der Waals surface area contributed by atoms with Gasteiger partial charge in [0.1, 0.15) is 0 Å². The van der Waals surface area contributed by atoms with Crippen LogP contribution in [0.15, 0.2) is 0 Å². The molecule has 0 bridgehead atoms. The number of aliphatic hydroxyl groups excluding tert-OH is 1. The van der Waals surface area contributed by atoms with Crippen LogP contribution in [0.1, 0.15) is 51.4 Å². The third-order valence-corrected chi connectivity index (χ3v) is 6.18. The van der Waals surface area contributed by atoms with Crippen LogP contribution in [0.4, 0.5) is 0 Å². The number of sulfonamides is 1. The second-order valence-corrected chi connectivity index (χ2v) is 7.40. The molecule has 2 rings (SSSR count). The third-order valence-electron chi connectivity index (χ3n) is 4.20. The van der Waals surface area contributed by atoms with Crippen molar-refractivity contribution in [2.75, 3.05) is 6.61 Å². The van der Waals surface area contributed by atoms with E-state index in [0.717, 1.165) is 51.4 Å². The first-order chi connectivity index (χ1) is 8.13. The predicted molar refractivity (Wildman–Crippen MR) is 67.1 cm³/mol. The van der Waals surface area contributed by atoms with Crippen molar-refractivity contribution in [1.82, 2.24) is 4.72 Å². The van der Waals surface area contributed by atoms with Crippen molar-refractivity contribution in [2.24, 2.45) is 5.92 Å². The second-order valence-electron chi connectivity index (χ2n) is 5.40. The molecule has 5 heteroatoms. The van der Waals surface area contributed by atoms with Crippen LogP contribution in [0, 0.1) is 5.92 Å². The molecule has 0 aromatic carbocycles. The molecule has 0 heterocycles. The van der Waals surface area contributed by atoms with E-state index in [4.69, 9.17) is 0 Å². The van der Waals surface area contributed by atoms with Gasteiger partial charge in [-0.05, 0) is 31.6 Å². The van der Waals surface area contributed by atoms with Crippen LogP contribution in [0.5, 0.6) is 0 Å². The smallest absolute Gasteiger partial charge is 0.214 e. The van der Waals surface area contributed by atoms with Crippen molar-refractivity contribution in [1.29, 1.82) is 0 Å². The van der Waals surface area contributed by atoms with Gasteiger partial charge in [0.25, 0.3) is 0 Å². The Balaban J connectivity index is 1.96. The van der Waals surface area contributed by atoms with Crippen LogP contribution in [0.25, 0.3) is 0 Å². The summed E-state index contributed by atoms with van der Waals surface area (Å²) in [6, 6.07) is -0.0353. The molecule has 100 valence electrons. The molecule has 0 aliphatic heterocycles. The van der Waals surface area contributed by atoms with E-state index in [1.807, 2.05) is 0 Å². The second kappa shape index (κ2) is 5.67. The van der Waals surface area contributed by atoms with Gasteiger partial charge in [0.2, 0.25) is 10.0 Å². The molecule has 17 heavy (non-hydrogen) atoms. The van der Waals surface area contributed by atoms with Crippen molar-refractivity contribution in [3.05, 3.63) is 0 Å². The maximum Gasteiger partial charge on any atom is 0.214 e. The standard InChI is InChI=1S/C12H23NO3S/c14-9-10-5-4-8-12(10)13-17(15,16)11-6-2-1-3-7-11/h10-14H,1-9H2. The summed E-state index contributed by atoms with van der Waals surface area (Å²) in [4.78, 5) is 0. The lowest BCUT2D eigenvalue weighted by molar-refractivity contribution is 0.213. The largest absolute Gasteiger partial charge is 0.396 e. The van der Waals surface area contributed by atoms with Crippen LogP contribution >= 0.6 is 0 Å². The molecule has 0 amide bonds. The minimum atomic E-state index is -3.17. The quantitative estimate of drug-likeness (QED) is 0.804. The maximum atomic E-state index is 12.2. The molecule has 2 atom stereocenters. The Labute approximate surface area is 104 Å². The summed E-state index contributed by atoms with van der Waals surface area (Å²) in [5.74, 6) is 0.119. The van der Waals surface area contributed by atoms with Crippen LogP contribution < -0.4 is 4.72 Å². The fraction of sp³-hybridized carbons (Fsp3) is 1.00. The molecule has 0 radical (unpaired) electrons. The van der Waals surface area contributed by atoms with Crippen LogP contribution in [0.2, 0.25) is 0 Å². The zero-order valence-electron chi connectivity index (χ0n) is 10.3. The zero-order valence-corrected chi connectivity index (χ0v) is 11.1. The van der Waals surface area contributed by atoms with E-state index < -0.39 is 10.0 Å². The molecule has 2 N–H and O–H groups in total. The van der Waals surface area contributed by atoms with Gasteiger partial charge in [0.15, 0.2) is 0 Å². The number of hydrogen-bond acceptors (Lipinski definition) is 3. The Morgan fingerprint density at radius 3 is 2.35 bits per heavy atom. The average molecular weight is 261 g/mol. The molecule has 0 saturated heterocycles. The Morgan fingerprint density at radius 1 is 1.00 bits per heavy atom. The minimum absolute atomic E-state index is 0.0353. The molecule has 0 aromatic heterocycles. The van der Waals surface area contributed by atoms with Gasteiger partial charge in [-0.15, -0.1) is 0 Å². The highest BCUT2D eigenvalue weighted by Crippen LogP contribution is 2.28. The number of nitrogens with one attached hydrogen (secondary N) is 1. The molecule has 2 fully saturated rings. The summed E-state index contributed by atoms with van der Waals surface area (Å²) in [6.45, 7) is 0.0951. The van der Waals surface area contributed by atoms with E-state index in [1.54, 1.807) is 0 Å². The number of rotatable bonds is 4. The van der Waals surface area contributed by atoms with Gasteiger partial charge in [-0.1, -0.05) is 25.7 Å². The Kier molecular flexibility index (Phi) is 4.44. The maximum absolute atomic E-state index is 12.2. The van der Waals surface area contributed by atoms with Crippen molar-refractivity contribution < 1.29 is 13.5 Å². The van der Waals surface area contributed by atoms with E-state index in [-0.39, 0.29) is 23.8 Å². The fourth-order valence-electron chi connectivity index (χ4n) is 3.09. The van der Waals surface area contributed by atoms with Gasteiger partial charge < -0.3 is 5.11 Å². The lowest BCUT2D eigenvalue weighted by Gasteiger charge is -2.26. The van der Waals surface area contributed by atoms with Gasteiger partial charge in [-0.25, -0.2) is 13.1 Å². The van der Waals surface area contributed by atoms with Crippen LogP contribution in [-0.2, 0) is 10.0 Å². The number of hydrogen-bond donors (Lipinski definition) is 2. The third kappa shape index (κ3) is 3.20. The molecule has 2 aliphatic carbocycles. The monoisotopic (exact) mass is 261 g/mol. The first-order valence-electron chi connectivity index (χ1n) is 6.75. The first kappa shape index (κ1) is 13.3. The van der Waals surface area contributed by atoms with E-state index in [9.17, 15) is 13.5 Å². The molecular formula is C12H23NO3S. The summed E-state index contributed by atoms with van der Waals surface area (Å²) in [6.07, 6.45) is 7.64. The summed E-state index contributed by atoms with van der Waals surface area (Å²) < 4.78 is 27.3. The highest BCUT2D eigenvalue weighted by molar-refractivity contribution is 7.90. The van der Waals surface area contributed by atoms with E-state index in [0.29, 0.717) is 0 Å². The average Bonchev–Trinajstić information content (AvgIpc) is 2.77. The van der Waals surface area contributed by atoms with E-state index in [2.05, 4.69) is 4.72 Å². The van der Waals surface area contributed by atoms with E-state index in [1.165, 1.54) is 0 Å². The predicted octanol–water partition coefficient (Wildman–Crippen LogP) is 1.40. The van der Waals surface area contributed by atoms with Crippen molar-refractivity contribution in [3.8, 4) is 0 Å². The first-order valence-corrected chi connectivity index (χ1v) is 8.30. The molecule has 2 saturated carbocycles. The molecule has 4 nitrogen and oxygen atoms in total. The molecular weight excluding hydrogens is 238 g/mol. The fourth-order valence-corrected chi connectivity index (χ4v) is 4.97. The van der Waals surface area contributed by atoms with Crippen molar-refractivity contribution in [3.63, 3.8) is 0 Å². The molecule has 0 aromatic rings. The summed E-state index contributed by atoms with van der Waals surface area (Å²) in [5, 5.41) is 9.01. The topological polar surface area (TPSA) is 66.4 Å². The SMILES string of the molecule is O=S(=O)(NC1CCCC1CO)C1CCCCC1. The van der Waals surface area contributed by atoms with Crippen LogP contribution in [0.3, 0.4) is 0 Å². The minimum Gasteiger partial charge on any atom is -0.396 e. The van der Waals surface area contributed by atoms with Gasteiger partial charge in [-0.2, -0.15) is 0 Å². The molecule has 2 unspecified atom stereocenters. The van der Waals surface area contributed by atoms with Crippen molar-refractivity contribution >= 4 is 10.0 Å². The summed E-state index contributed by atoms with van der Waals surface area (Å²) in [7, 11) is -3.17. The Bertz CT molecular complexity index is 336.